The standard InChI is InChI=1S/C21H29N3O2S/c1-3-4-11-22-21(27)24(17-7-5-6-8-17)14-16-12-15-13-18(26-2)9-10-19(15)23-20(16)25/h9-10,12-13,17H,3-8,11,14H2,1-2H3,(H,22,27)(H,23,25). The van der Waals surface area contributed by atoms with E-state index in [4.69, 9.17) is 17.0 Å². The average Bonchev–Trinajstić information content (AvgIpc) is 3.20. The van der Waals surface area contributed by atoms with Crippen molar-refractivity contribution >= 4 is 28.2 Å². The number of pyridine rings is 1. The van der Waals surface area contributed by atoms with Crippen LogP contribution in [0.25, 0.3) is 10.9 Å². The molecule has 0 radical (unpaired) electrons. The van der Waals surface area contributed by atoms with Gasteiger partial charge in [-0.25, -0.2) is 0 Å². The minimum atomic E-state index is -0.0491. The largest absolute Gasteiger partial charge is 0.497 e. The van der Waals surface area contributed by atoms with Crippen LogP contribution in [0.5, 0.6) is 5.75 Å². The Morgan fingerprint density at radius 1 is 1.33 bits per heavy atom. The topological polar surface area (TPSA) is 57.4 Å². The van der Waals surface area contributed by atoms with E-state index in [9.17, 15) is 4.79 Å². The maximum absolute atomic E-state index is 12.6. The normalized spacial score (nSPS) is 14.4. The van der Waals surface area contributed by atoms with Gasteiger partial charge in [-0.1, -0.05) is 26.2 Å². The fourth-order valence-corrected chi connectivity index (χ4v) is 4.03. The number of ether oxygens (including phenoxy) is 1. The number of nitrogens with zero attached hydrogens (tertiary/aromatic N) is 1. The van der Waals surface area contributed by atoms with Crippen molar-refractivity contribution in [2.45, 2.75) is 58.0 Å². The van der Waals surface area contributed by atoms with Crippen molar-refractivity contribution < 1.29 is 4.74 Å². The number of fused-ring (bicyclic) bond motifs is 1. The molecule has 0 bridgehead atoms. The van der Waals surface area contributed by atoms with Crippen LogP contribution in [-0.2, 0) is 6.54 Å². The lowest BCUT2D eigenvalue weighted by atomic mass is 10.1. The van der Waals surface area contributed by atoms with Crippen LogP contribution in [0.4, 0.5) is 0 Å². The van der Waals surface area contributed by atoms with E-state index in [0.29, 0.717) is 12.6 Å². The summed E-state index contributed by atoms with van der Waals surface area (Å²) in [5, 5.41) is 5.12. The fraction of sp³-hybridized carbons (Fsp3) is 0.524. The molecule has 1 aliphatic carbocycles. The van der Waals surface area contributed by atoms with E-state index >= 15 is 0 Å². The number of aromatic nitrogens is 1. The molecule has 2 aromatic rings. The van der Waals surface area contributed by atoms with Gasteiger partial charge in [0.05, 0.1) is 13.7 Å². The molecule has 1 saturated carbocycles. The first-order valence-corrected chi connectivity index (χ1v) is 10.3. The van der Waals surface area contributed by atoms with E-state index < -0.39 is 0 Å². The molecule has 27 heavy (non-hydrogen) atoms. The third kappa shape index (κ3) is 4.80. The van der Waals surface area contributed by atoms with Crippen LogP contribution in [0.15, 0.2) is 29.1 Å². The summed E-state index contributed by atoms with van der Waals surface area (Å²) in [5.74, 6) is 0.782. The smallest absolute Gasteiger partial charge is 0.253 e. The molecule has 0 unspecified atom stereocenters. The van der Waals surface area contributed by atoms with E-state index in [2.05, 4.69) is 22.1 Å². The Hall–Kier alpha value is -2.08. The molecule has 0 aliphatic heterocycles. The molecule has 0 spiro atoms. The molecular formula is C21H29N3O2S. The number of rotatable bonds is 7. The summed E-state index contributed by atoms with van der Waals surface area (Å²) in [6.07, 6.45) is 6.94. The average molecular weight is 388 g/mol. The fourth-order valence-electron chi connectivity index (χ4n) is 3.71. The lowest BCUT2D eigenvalue weighted by Crippen LogP contribution is -2.45. The Labute approximate surface area is 166 Å². The molecule has 1 aromatic heterocycles. The predicted octanol–water partition coefficient (Wildman–Crippen LogP) is 3.96. The van der Waals surface area contributed by atoms with Crippen LogP contribution in [-0.4, -0.2) is 34.7 Å². The molecule has 2 N–H and O–H groups in total. The minimum absolute atomic E-state index is 0.0491. The van der Waals surface area contributed by atoms with E-state index in [0.717, 1.165) is 59.6 Å². The summed E-state index contributed by atoms with van der Waals surface area (Å²) >= 11 is 5.69. The summed E-state index contributed by atoms with van der Waals surface area (Å²) in [5.41, 5.74) is 1.51. The van der Waals surface area contributed by atoms with Gasteiger partial charge in [0.1, 0.15) is 5.75 Å². The number of nitrogens with one attached hydrogen (secondary N) is 2. The first kappa shape index (κ1) is 19.7. The second kappa shape index (κ2) is 9.22. The zero-order valence-corrected chi connectivity index (χ0v) is 17.0. The Bertz CT molecular complexity index is 843. The highest BCUT2D eigenvalue weighted by molar-refractivity contribution is 7.80. The van der Waals surface area contributed by atoms with Crippen LogP contribution >= 0.6 is 12.2 Å². The molecule has 3 rings (SSSR count). The molecule has 0 atom stereocenters. The highest BCUT2D eigenvalue weighted by atomic mass is 32.1. The number of thiocarbonyl (C=S) groups is 1. The van der Waals surface area contributed by atoms with Gasteiger partial charge in [0.25, 0.3) is 5.56 Å². The minimum Gasteiger partial charge on any atom is -0.497 e. The van der Waals surface area contributed by atoms with Gasteiger partial charge >= 0.3 is 0 Å². The van der Waals surface area contributed by atoms with Crippen LogP contribution in [0.2, 0.25) is 0 Å². The lowest BCUT2D eigenvalue weighted by molar-refractivity contribution is 0.302. The van der Waals surface area contributed by atoms with Crippen LogP contribution in [0, 0.1) is 0 Å². The molecule has 1 fully saturated rings. The number of methoxy groups -OCH3 is 1. The van der Waals surface area contributed by atoms with Gasteiger partial charge < -0.3 is 19.9 Å². The van der Waals surface area contributed by atoms with Crippen molar-refractivity contribution in [3.05, 3.63) is 40.2 Å². The highest BCUT2D eigenvalue weighted by Crippen LogP contribution is 2.25. The second-order valence-corrected chi connectivity index (χ2v) is 7.62. The zero-order valence-electron chi connectivity index (χ0n) is 16.2. The first-order chi connectivity index (χ1) is 13.1. The first-order valence-electron chi connectivity index (χ1n) is 9.86. The molecule has 0 amide bonds. The zero-order chi connectivity index (χ0) is 19.2. The van der Waals surface area contributed by atoms with Crippen molar-refractivity contribution in [3.63, 3.8) is 0 Å². The molecule has 1 aliphatic rings. The highest BCUT2D eigenvalue weighted by Gasteiger charge is 2.25. The predicted molar refractivity (Wildman–Crippen MR) is 114 cm³/mol. The van der Waals surface area contributed by atoms with Crippen LogP contribution in [0.3, 0.4) is 0 Å². The summed E-state index contributed by atoms with van der Waals surface area (Å²) in [7, 11) is 1.65. The lowest BCUT2D eigenvalue weighted by Gasteiger charge is -2.31. The van der Waals surface area contributed by atoms with E-state index in [1.807, 2.05) is 24.3 Å². The number of hydrogen-bond donors (Lipinski definition) is 2. The molecule has 5 nitrogen and oxygen atoms in total. The van der Waals surface area contributed by atoms with E-state index in [1.165, 1.54) is 12.8 Å². The molecule has 6 heteroatoms. The quantitative estimate of drug-likeness (QED) is 0.556. The molecule has 146 valence electrons. The van der Waals surface area contributed by atoms with Crippen molar-refractivity contribution in [2.24, 2.45) is 0 Å². The Balaban J connectivity index is 1.86. The van der Waals surface area contributed by atoms with Gasteiger partial charge in [0, 0.05) is 29.1 Å². The number of aromatic amines is 1. The van der Waals surface area contributed by atoms with E-state index in [1.54, 1.807) is 7.11 Å². The third-order valence-corrected chi connectivity index (χ3v) is 5.68. The molecular weight excluding hydrogens is 358 g/mol. The van der Waals surface area contributed by atoms with Gasteiger partial charge in [-0.2, -0.15) is 0 Å². The van der Waals surface area contributed by atoms with Crippen LogP contribution < -0.4 is 15.6 Å². The Kier molecular flexibility index (Phi) is 6.72. The second-order valence-electron chi connectivity index (χ2n) is 7.23. The van der Waals surface area contributed by atoms with Crippen molar-refractivity contribution in [3.8, 4) is 5.75 Å². The summed E-state index contributed by atoms with van der Waals surface area (Å²) < 4.78 is 5.31. The van der Waals surface area contributed by atoms with Gasteiger partial charge in [0.15, 0.2) is 5.11 Å². The molecule has 1 heterocycles. The van der Waals surface area contributed by atoms with Crippen molar-refractivity contribution in [2.75, 3.05) is 13.7 Å². The molecule has 1 aromatic carbocycles. The molecule has 0 saturated heterocycles. The summed E-state index contributed by atoms with van der Waals surface area (Å²) in [4.78, 5) is 17.9. The number of unbranched alkanes of at least 4 members (excludes halogenated alkanes) is 1. The van der Waals surface area contributed by atoms with Crippen molar-refractivity contribution in [1.29, 1.82) is 0 Å². The van der Waals surface area contributed by atoms with Gasteiger partial charge in [-0.05, 0) is 55.7 Å². The maximum atomic E-state index is 12.6. The Morgan fingerprint density at radius 3 is 2.81 bits per heavy atom. The monoisotopic (exact) mass is 387 g/mol. The third-order valence-electron chi connectivity index (χ3n) is 5.30. The van der Waals surface area contributed by atoms with Gasteiger partial charge in [-0.3, -0.25) is 4.79 Å². The number of H-pyrrole nitrogens is 1. The SMILES string of the molecule is CCCCNC(=S)N(Cc1cc2cc(OC)ccc2[nH]c1=O)C1CCCC1. The van der Waals surface area contributed by atoms with Crippen LogP contribution in [0.1, 0.15) is 51.0 Å². The number of hydrogen-bond acceptors (Lipinski definition) is 3. The summed E-state index contributed by atoms with van der Waals surface area (Å²) in [6, 6.07) is 8.06. The van der Waals surface area contributed by atoms with Gasteiger partial charge in [-0.15, -0.1) is 0 Å². The van der Waals surface area contributed by atoms with Gasteiger partial charge in [0.2, 0.25) is 0 Å². The number of benzene rings is 1. The van der Waals surface area contributed by atoms with Crippen molar-refractivity contribution in [1.82, 2.24) is 15.2 Å². The van der Waals surface area contributed by atoms with E-state index in [-0.39, 0.29) is 5.56 Å². The maximum Gasteiger partial charge on any atom is 0.253 e. The Morgan fingerprint density at radius 2 is 2.11 bits per heavy atom. The summed E-state index contributed by atoms with van der Waals surface area (Å²) in [6.45, 7) is 3.58.